The summed E-state index contributed by atoms with van der Waals surface area (Å²) in [4.78, 5) is 13.2. The average Bonchev–Trinajstić information content (AvgIpc) is 3.28. The van der Waals surface area contributed by atoms with E-state index in [1.807, 2.05) is 18.2 Å². The van der Waals surface area contributed by atoms with Crippen molar-refractivity contribution in [3.05, 3.63) is 57.5 Å². The van der Waals surface area contributed by atoms with Gasteiger partial charge in [0.15, 0.2) is 0 Å². The van der Waals surface area contributed by atoms with E-state index in [0.29, 0.717) is 12.0 Å². The van der Waals surface area contributed by atoms with Crippen molar-refractivity contribution in [2.24, 2.45) is 0 Å². The molecule has 0 bridgehead atoms. The first-order valence-electron chi connectivity index (χ1n) is 9.17. The molecule has 0 radical (unpaired) electrons. The van der Waals surface area contributed by atoms with Gasteiger partial charge in [0.05, 0.1) is 12.7 Å². The Morgan fingerprint density at radius 3 is 2.62 bits per heavy atom. The van der Waals surface area contributed by atoms with E-state index in [0.717, 1.165) is 29.0 Å². The predicted octanol–water partition coefficient (Wildman–Crippen LogP) is 4.62. The lowest BCUT2D eigenvalue weighted by atomic mass is 10.0. The second-order valence-corrected chi connectivity index (χ2v) is 7.10. The van der Waals surface area contributed by atoms with Crippen LogP contribution >= 0.6 is 11.3 Å². The van der Waals surface area contributed by atoms with Gasteiger partial charge in [0.1, 0.15) is 10.8 Å². The molecule has 0 saturated carbocycles. The number of hydrogen-bond acceptors (Lipinski definition) is 4. The van der Waals surface area contributed by atoms with Crippen molar-refractivity contribution in [2.75, 3.05) is 6.61 Å². The first-order valence-corrected chi connectivity index (χ1v) is 10.1. The number of carbonyl (C=O) groups excluding carboxylic acids is 1. The lowest BCUT2D eigenvalue weighted by Gasteiger charge is -2.03. The van der Waals surface area contributed by atoms with Gasteiger partial charge in [-0.2, -0.15) is 0 Å². The van der Waals surface area contributed by atoms with Crippen molar-refractivity contribution in [2.45, 2.75) is 39.5 Å². The molecule has 0 saturated heterocycles. The molecule has 0 atom stereocenters. The Morgan fingerprint density at radius 2 is 1.92 bits per heavy atom. The number of unbranched alkanes of at least 4 members (excludes halogenated alkanes) is 2. The molecule has 0 aliphatic heterocycles. The van der Waals surface area contributed by atoms with Crippen LogP contribution in [-0.4, -0.2) is 12.6 Å². The second-order valence-electron chi connectivity index (χ2n) is 6.15. The molecule has 0 amide bonds. The smallest absolute Gasteiger partial charge is 0.334 e. The largest absolute Gasteiger partial charge is 0.463 e. The van der Waals surface area contributed by atoms with Crippen molar-refractivity contribution in [3.8, 4) is 0 Å². The van der Waals surface area contributed by atoms with Gasteiger partial charge in [-0.25, -0.2) is 4.79 Å². The maximum Gasteiger partial charge on any atom is 0.334 e. The van der Waals surface area contributed by atoms with E-state index in [1.54, 1.807) is 18.3 Å². The summed E-state index contributed by atoms with van der Waals surface area (Å²) in [6.45, 7) is 4.36. The monoisotopic (exact) mass is 368 g/mol. The van der Waals surface area contributed by atoms with Crippen molar-refractivity contribution in [1.29, 1.82) is 0 Å². The molecule has 0 aliphatic carbocycles. The molecule has 3 nitrogen and oxygen atoms in total. The molecule has 2 aromatic heterocycles. The Kier molecular flexibility index (Phi) is 6.29. The van der Waals surface area contributed by atoms with Crippen molar-refractivity contribution in [3.63, 3.8) is 0 Å². The van der Waals surface area contributed by atoms with Crippen LogP contribution in [0.25, 0.3) is 22.4 Å². The van der Waals surface area contributed by atoms with E-state index < -0.39 is 0 Å². The number of rotatable bonds is 7. The molecule has 1 aromatic carbocycles. The van der Waals surface area contributed by atoms with Gasteiger partial charge >= 0.3 is 5.97 Å². The van der Waals surface area contributed by atoms with Crippen LogP contribution in [0.1, 0.15) is 44.4 Å². The molecule has 0 fully saturated rings. The van der Waals surface area contributed by atoms with Gasteiger partial charge < -0.3 is 9.15 Å². The molecule has 3 rings (SSSR count). The minimum Gasteiger partial charge on any atom is -0.463 e. The number of benzene rings is 1. The van der Waals surface area contributed by atoms with Gasteiger partial charge in [-0.3, -0.25) is 0 Å². The summed E-state index contributed by atoms with van der Waals surface area (Å²) in [5, 5.41) is 4.08. The number of ether oxygens (including phenoxy) is 1. The van der Waals surface area contributed by atoms with Crippen LogP contribution in [0, 0.1) is 0 Å². The summed E-state index contributed by atoms with van der Waals surface area (Å²) in [7, 11) is 0. The van der Waals surface area contributed by atoms with Crippen LogP contribution in [0.2, 0.25) is 0 Å². The molecule has 2 heterocycles. The van der Waals surface area contributed by atoms with Crippen LogP contribution in [0.4, 0.5) is 0 Å². The zero-order chi connectivity index (χ0) is 18.4. The highest BCUT2D eigenvalue weighted by Crippen LogP contribution is 2.24. The Labute approximate surface area is 157 Å². The standard InChI is InChI=1S/C22H24O3S/c1-3-5-6-12-18(20-13-9-14-26-20)22-17-11-8-7-10-16(17)19(25-22)15-21(23)24-4-2/h7-11,13-15H,3-6,12H2,1-2H3/b19-15-,22-18-. The summed E-state index contributed by atoms with van der Waals surface area (Å²) >= 11 is 1.72. The lowest BCUT2D eigenvalue weighted by molar-refractivity contribution is -0.135. The third-order valence-corrected chi connectivity index (χ3v) is 5.24. The van der Waals surface area contributed by atoms with Crippen LogP contribution in [0.15, 0.2) is 46.2 Å². The molecule has 0 unspecified atom stereocenters. The fourth-order valence-electron chi connectivity index (χ4n) is 3.09. The fraction of sp³-hybridized carbons (Fsp3) is 0.318. The lowest BCUT2D eigenvalue weighted by Crippen LogP contribution is -2.09. The van der Waals surface area contributed by atoms with Gasteiger partial charge in [0, 0.05) is 21.2 Å². The molecule has 0 N–H and O–H groups in total. The Bertz CT molecular complexity index is 980. The van der Waals surface area contributed by atoms with Gasteiger partial charge in [-0.1, -0.05) is 50.1 Å². The fourth-order valence-corrected chi connectivity index (χ4v) is 3.89. The molecule has 0 spiro atoms. The highest BCUT2D eigenvalue weighted by Gasteiger charge is 2.12. The summed E-state index contributed by atoms with van der Waals surface area (Å²) < 4.78 is 11.3. The van der Waals surface area contributed by atoms with Crippen LogP contribution in [0.5, 0.6) is 0 Å². The van der Waals surface area contributed by atoms with E-state index in [2.05, 4.69) is 30.5 Å². The number of esters is 1. The van der Waals surface area contributed by atoms with Crippen molar-refractivity contribution < 1.29 is 13.9 Å². The minimum absolute atomic E-state index is 0.352. The number of furan rings is 1. The van der Waals surface area contributed by atoms with Gasteiger partial charge in [0.2, 0.25) is 0 Å². The van der Waals surface area contributed by atoms with E-state index in [1.165, 1.54) is 29.4 Å². The highest BCUT2D eigenvalue weighted by molar-refractivity contribution is 7.11. The van der Waals surface area contributed by atoms with Crippen LogP contribution in [-0.2, 0) is 9.53 Å². The zero-order valence-corrected chi connectivity index (χ0v) is 16.1. The third kappa shape index (κ3) is 4.07. The van der Waals surface area contributed by atoms with Crippen LogP contribution in [0.3, 0.4) is 0 Å². The molecule has 4 heteroatoms. The predicted molar refractivity (Wildman–Crippen MR) is 108 cm³/mol. The number of fused-ring (bicyclic) bond motifs is 1. The average molecular weight is 368 g/mol. The van der Waals surface area contributed by atoms with Gasteiger partial charge in [-0.15, -0.1) is 11.3 Å². The number of carbonyl (C=O) groups is 1. The van der Waals surface area contributed by atoms with Gasteiger partial charge in [-0.05, 0) is 31.2 Å². The molecule has 3 aromatic rings. The second kappa shape index (κ2) is 8.86. The summed E-state index contributed by atoms with van der Waals surface area (Å²) in [6.07, 6.45) is 5.90. The van der Waals surface area contributed by atoms with E-state index >= 15 is 0 Å². The summed E-state index contributed by atoms with van der Waals surface area (Å²) in [5.74, 6) is -0.373. The summed E-state index contributed by atoms with van der Waals surface area (Å²) in [6, 6.07) is 12.2. The number of thiophene rings is 1. The third-order valence-electron chi connectivity index (χ3n) is 4.31. The van der Waals surface area contributed by atoms with Crippen molar-refractivity contribution in [1.82, 2.24) is 0 Å². The normalized spacial score (nSPS) is 13.2. The first kappa shape index (κ1) is 18.5. The first-order chi connectivity index (χ1) is 12.7. The topological polar surface area (TPSA) is 39.4 Å². The van der Waals surface area contributed by atoms with E-state index in [-0.39, 0.29) is 5.97 Å². The maximum absolute atomic E-state index is 11.9. The molecule has 0 aliphatic rings. The molecular formula is C22H24O3S. The van der Waals surface area contributed by atoms with Crippen LogP contribution < -0.4 is 10.8 Å². The zero-order valence-electron chi connectivity index (χ0n) is 15.3. The SMILES string of the molecule is CCCCC/C(c1cccs1)=c1/o/c(=C\C(=O)OCC)c2ccccc12. The summed E-state index contributed by atoms with van der Waals surface area (Å²) in [5.41, 5.74) is 2.65. The molecular weight excluding hydrogens is 344 g/mol. The van der Waals surface area contributed by atoms with Gasteiger partial charge in [0.25, 0.3) is 0 Å². The Balaban J connectivity index is 2.23. The Hall–Kier alpha value is -2.33. The quantitative estimate of drug-likeness (QED) is 0.451. The van der Waals surface area contributed by atoms with Crippen molar-refractivity contribution >= 4 is 39.7 Å². The highest BCUT2D eigenvalue weighted by atomic mass is 32.1. The Morgan fingerprint density at radius 1 is 1.12 bits per heavy atom. The molecule has 136 valence electrons. The maximum atomic E-state index is 11.9. The van der Waals surface area contributed by atoms with E-state index in [4.69, 9.17) is 9.15 Å². The number of hydrogen-bond donors (Lipinski definition) is 0. The van der Waals surface area contributed by atoms with E-state index in [9.17, 15) is 4.79 Å². The minimum atomic E-state index is -0.373. The molecule has 26 heavy (non-hydrogen) atoms.